The lowest BCUT2D eigenvalue weighted by Crippen LogP contribution is -2.56. The number of nitrogens with zero attached hydrogens (tertiary/aromatic N) is 1. The van der Waals surface area contributed by atoms with Crippen LogP contribution in [-0.2, 0) is 4.74 Å². The van der Waals surface area contributed by atoms with Crippen LogP contribution in [0.3, 0.4) is 0 Å². The molecule has 1 aliphatic heterocycles. The Balaban J connectivity index is 1.90. The van der Waals surface area contributed by atoms with E-state index in [0.717, 1.165) is 32.2 Å². The van der Waals surface area contributed by atoms with Crippen molar-refractivity contribution in [3.05, 3.63) is 0 Å². The molecule has 0 aromatic carbocycles. The molecule has 2 aliphatic rings. The third-order valence-corrected chi connectivity index (χ3v) is 4.61. The summed E-state index contributed by atoms with van der Waals surface area (Å²) in [6.07, 6.45) is 3.82. The number of nitrogens with one attached hydrogen (secondary N) is 1. The third-order valence-electron chi connectivity index (χ3n) is 4.61. The summed E-state index contributed by atoms with van der Waals surface area (Å²) in [6.45, 7) is 13.0. The van der Waals surface area contributed by atoms with Gasteiger partial charge in [-0.05, 0) is 38.5 Å². The molecule has 118 valence electrons. The highest BCUT2D eigenvalue weighted by molar-refractivity contribution is 4.90. The van der Waals surface area contributed by atoms with Gasteiger partial charge in [-0.2, -0.15) is 0 Å². The summed E-state index contributed by atoms with van der Waals surface area (Å²) < 4.78 is 5.90. The summed E-state index contributed by atoms with van der Waals surface area (Å²) in [5.74, 6) is 0. The Hall–Kier alpha value is -0.160. The molecule has 1 aliphatic carbocycles. The van der Waals surface area contributed by atoms with Gasteiger partial charge in [-0.1, -0.05) is 13.8 Å². The molecule has 2 N–H and O–H groups in total. The van der Waals surface area contributed by atoms with E-state index in [2.05, 4.69) is 37.9 Å². The first-order valence-corrected chi connectivity index (χ1v) is 8.10. The van der Waals surface area contributed by atoms with Crippen LogP contribution >= 0.6 is 0 Å². The predicted molar refractivity (Wildman–Crippen MR) is 81.9 cm³/mol. The van der Waals surface area contributed by atoms with Crippen molar-refractivity contribution in [1.29, 1.82) is 0 Å². The highest BCUT2D eigenvalue weighted by Gasteiger charge is 2.36. The van der Waals surface area contributed by atoms with Gasteiger partial charge in [0, 0.05) is 32.2 Å². The zero-order chi connectivity index (χ0) is 14.8. The molecule has 1 saturated heterocycles. The molecule has 2 fully saturated rings. The molecule has 0 amide bonds. The van der Waals surface area contributed by atoms with Crippen molar-refractivity contribution in [3.8, 4) is 0 Å². The summed E-state index contributed by atoms with van der Waals surface area (Å²) in [5.41, 5.74) is 0.139. The van der Waals surface area contributed by atoms with Crippen LogP contribution in [-0.4, -0.2) is 60.5 Å². The largest absolute Gasteiger partial charge is 0.394 e. The Morgan fingerprint density at radius 1 is 1.40 bits per heavy atom. The van der Waals surface area contributed by atoms with Crippen LogP contribution in [0.5, 0.6) is 0 Å². The fourth-order valence-corrected chi connectivity index (χ4v) is 3.14. The fourth-order valence-electron chi connectivity index (χ4n) is 3.14. The van der Waals surface area contributed by atoms with Crippen LogP contribution in [0, 0.1) is 5.41 Å². The number of ether oxygens (including phenoxy) is 1. The van der Waals surface area contributed by atoms with Gasteiger partial charge in [0.25, 0.3) is 0 Å². The van der Waals surface area contributed by atoms with Gasteiger partial charge in [0.1, 0.15) is 0 Å². The number of aliphatic hydroxyl groups excluding tert-OH is 1. The van der Waals surface area contributed by atoms with E-state index in [0.29, 0.717) is 5.41 Å². The maximum atomic E-state index is 9.42. The molecule has 0 aromatic rings. The van der Waals surface area contributed by atoms with Gasteiger partial charge in [-0.15, -0.1) is 0 Å². The van der Waals surface area contributed by atoms with Crippen LogP contribution in [0.4, 0.5) is 0 Å². The Morgan fingerprint density at radius 3 is 2.65 bits per heavy atom. The van der Waals surface area contributed by atoms with E-state index in [4.69, 9.17) is 4.74 Å². The van der Waals surface area contributed by atoms with E-state index >= 15 is 0 Å². The van der Waals surface area contributed by atoms with E-state index in [-0.39, 0.29) is 18.3 Å². The normalized spacial score (nSPS) is 30.1. The molecule has 20 heavy (non-hydrogen) atoms. The lowest BCUT2D eigenvalue weighted by atomic mass is 9.86. The molecule has 4 heteroatoms. The fraction of sp³-hybridized carbons (Fsp3) is 1.00. The Morgan fingerprint density at radius 2 is 2.10 bits per heavy atom. The monoisotopic (exact) mass is 284 g/mol. The van der Waals surface area contributed by atoms with Crippen molar-refractivity contribution in [3.63, 3.8) is 0 Å². The van der Waals surface area contributed by atoms with E-state index in [1.807, 2.05) is 0 Å². The second-order valence-electron chi connectivity index (χ2n) is 7.67. The second-order valence-corrected chi connectivity index (χ2v) is 7.67. The van der Waals surface area contributed by atoms with E-state index in [1.165, 1.54) is 19.3 Å². The lowest BCUT2D eigenvalue weighted by molar-refractivity contribution is -0.153. The van der Waals surface area contributed by atoms with Crippen molar-refractivity contribution < 1.29 is 9.84 Å². The molecule has 0 aromatic heterocycles. The maximum absolute atomic E-state index is 9.42. The molecule has 0 bridgehead atoms. The number of rotatable bonds is 7. The zero-order valence-corrected chi connectivity index (χ0v) is 13.6. The first-order valence-electron chi connectivity index (χ1n) is 8.10. The minimum atomic E-state index is -0.162. The topological polar surface area (TPSA) is 44.7 Å². The quantitative estimate of drug-likeness (QED) is 0.746. The average molecular weight is 284 g/mol. The van der Waals surface area contributed by atoms with Gasteiger partial charge < -0.3 is 15.2 Å². The highest BCUT2D eigenvalue weighted by Crippen LogP contribution is 2.28. The summed E-state index contributed by atoms with van der Waals surface area (Å²) in [7, 11) is 0. The Kier molecular flexibility index (Phi) is 5.11. The summed E-state index contributed by atoms with van der Waals surface area (Å²) in [6, 6.07) is 0.771. The smallest absolute Gasteiger partial charge is 0.0940 e. The standard InChI is InChI=1S/C16H32N2O2/c1-5-16(4,10-17-13-6-7-13)12-18-8-14(9-19)20-15(2,3)11-18/h13-14,17,19H,5-12H2,1-4H3. The molecule has 1 saturated carbocycles. The van der Waals surface area contributed by atoms with Gasteiger partial charge in [0.05, 0.1) is 18.3 Å². The van der Waals surface area contributed by atoms with Crippen molar-refractivity contribution >= 4 is 0 Å². The van der Waals surface area contributed by atoms with Gasteiger partial charge in [-0.25, -0.2) is 0 Å². The molecule has 0 spiro atoms. The summed E-state index contributed by atoms with van der Waals surface area (Å²) in [5, 5.41) is 13.1. The zero-order valence-electron chi connectivity index (χ0n) is 13.6. The Labute approximate surface area is 123 Å². The number of morpholine rings is 1. The number of aliphatic hydroxyl groups is 1. The Bertz CT molecular complexity index is 318. The summed E-state index contributed by atoms with van der Waals surface area (Å²) in [4.78, 5) is 2.47. The average Bonchev–Trinajstić information content (AvgIpc) is 3.18. The van der Waals surface area contributed by atoms with Crippen LogP contribution in [0.1, 0.15) is 47.0 Å². The minimum absolute atomic E-state index is 0.0451. The number of hydrogen-bond acceptors (Lipinski definition) is 4. The molecule has 2 atom stereocenters. The van der Waals surface area contributed by atoms with Gasteiger partial charge >= 0.3 is 0 Å². The second kappa shape index (κ2) is 6.30. The van der Waals surface area contributed by atoms with Crippen molar-refractivity contribution in [2.24, 2.45) is 5.41 Å². The highest BCUT2D eigenvalue weighted by atomic mass is 16.5. The molecular formula is C16H32N2O2. The van der Waals surface area contributed by atoms with Crippen molar-refractivity contribution in [2.75, 3.05) is 32.8 Å². The number of hydrogen-bond donors (Lipinski definition) is 2. The van der Waals surface area contributed by atoms with Gasteiger partial charge in [0.2, 0.25) is 0 Å². The molecule has 2 unspecified atom stereocenters. The van der Waals surface area contributed by atoms with Gasteiger partial charge in [0.15, 0.2) is 0 Å². The predicted octanol–water partition coefficient (Wildman–Crippen LogP) is 1.63. The minimum Gasteiger partial charge on any atom is -0.394 e. The van der Waals surface area contributed by atoms with Crippen LogP contribution in [0.15, 0.2) is 0 Å². The SMILES string of the molecule is CCC(C)(CNC1CC1)CN1CC(CO)OC(C)(C)C1. The van der Waals surface area contributed by atoms with Gasteiger partial charge in [-0.3, -0.25) is 4.90 Å². The summed E-state index contributed by atoms with van der Waals surface area (Å²) >= 11 is 0. The molecule has 2 rings (SSSR count). The maximum Gasteiger partial charge on any atom is 0.0940 e. The molecule has 1 heterocycles. The van der Waals surface area contributed by atoms with E-state index in [9.17, 15) is 5.11 Å². The van der Waals surface area contributed by atoms with Crippen LogP contribution < -0.4 is 5.32 Å². The van der Waals surface area contributed by atoms with E-state index < -0.39 is 0 Å². The van der Waals surface area contributed by atoms with Crippen molar-refractivity contribution in [2.45, 2.75) is 64.7 Å². The first kappa shape index (κ1) is 16.2. The lowest BCUT2D eigenvalue weighted by Gasteiger charge is -2.45. The van der Waals surface area contributed by atoms with Crippen LogP contribution in [0.2, 0.25) is 0 Å². The first-order chi connectivity index (χ1) is 9.36. The molecule has 0 radical (unpaired) electrons. The van der Waals surface area contributed by atoms with Crippen molar-refractivity contribution in [1.82, 2.24) is 10.2 Å². The van der Waals surface area contributed by atoms with E-state index in [1.54, 1.807) is 0 Å². The third kappa shape index (κ3) is 4.69. The van der Waals surface area contributed by atoms with Crippen LogP contribution in [0.25, 0.3) is 0 Å². The molecule has 4 nitrogen and oxygen atoms in total. The molecular weight excluding hydrogens is 252 g/mol.